The zero-order valence-electron chi connectivity index (χ0n) is 18.4. The molecule has 0 radical (unpaired) electrons. The number of hydrogen-bond acceptors (Lipinski definition) is 4. The van der Waals surface area contributed by atoms with Gasteiger partial charge in [0.25, 0.3) is 0 Å². The number of hydrogen-bond donors (Lipinski definition) is 1. The number of carbonyl (C=O) groups excluding carboxylic acids is 2. The maximum absolute atomic E-state index is 13.5. The second kappa shape index (κ2) is 11.1. The van der Waals surface area contributed by atoms with Gasteiger partial charge >= 0.3 is 0 Å². The van der Waals surface area contributed by atoms with E-state index in [1.807, 2.05) is 47.4 Å². The molecule has 2 aliphatic heterocycles. The summed E-state index contributed by atoms with van der Waals surface area (Å²) in [4.78, 5) is 32.5. The fourth-order valence-electron chi connectivity index (χ4n) is 4.55. The Bertz CT molecular complexity index is 892. The summed E-state index contributed by atoms with van der Waals surface area (Å²) in [7, 11) is 0. The van der Waals surface area contributed by atoms with Crippen LogP contribution < -0.4 is 5.32 Å². The van der Waals surface area contributed by atoms with E-state index < -0.39 is 0 Å². The summed E-state index contributed by atoms with van der Waals surface area (Å²) in [6, 6.07) is 17.5. The molecule has 4 rings (SSSR count). The van der Waals surface area contributed by atoms with Crippen LogP contribution in [0.2, 0.25) is 0 Å². The van der Waals surface area contributed by atoms with Gasteiger partial charge in [-0.1, -0.05) is 46.3 Å². The van der Waals surface area contributed by atoms with Crippen LogP contribution in [0.25, 0.3) is 0 Å². The van der Waals surface area contributed by atoms with Gasteiger partial charge in [0.1, 0.15) is 6.04 Å². The lowest BCUT2D eigenvalue weighted by Crippen LogP contribution is -2.53. The number of piperidine rings is 1. The Morgan fingerprint density at radius 3 is 2.16 bits per heavy atom. The fourth-order valence-corrected chi connectivity index (χ4v) is 4.81. The monoisotopic (exact) mass is 498 g/mol. The molecule has 2 aliphatic rings. The van der Waals surface area contributed by atoms with E-state index in [1.54, 1.807) is 0 Å². The first kappa shape index (κ1) is 23.0. The third-order valence-corrected chi connectivity index (χ3v) is 6.81. The minimum absolute atomic E-state index is 0.00947. The molecule has 1 unspecified atom stereocenters. The number of nitrogens with one attached hydrogen (secondary N) is 1. The lowest BCUT2D eigenvalue weighted by atomic mass is 10.0. The highest BCUT2D eigenvalue weighted by Crippen LogP contribution is 2.26. The number of anilines is 1. The molecule has 2 saturated heterocycles. The first-order valence-corrected chi connectivity index (χ1v) is 12.2. The molecule has 2 heterocycles. The van der Waals surface area contributed by atoms with Gasteiger partial charge in [-0.2, -0.15) is 0 Å². The van der Waals surface area contributed by atoms with E-state index in [0.29, 0.717) is 6.54 Å². The van der Waals surface area contributed by atoms with Crippen molar-refractivity contribution in [3.63, 3.8) is 0 Å². The molecule has 1 N–H and O–H groups in total. The van der Waals surface area contributed by atoms with E-state index in [9.17, 15) is 9.59 Å². The summed E-state index contributed by atoms with van der Waals surface area (Å²) in [5.41, 5.74) is 1.86. The Balaban J connectivity index is 1.36. The number of piperazine rings is 1. The Labute approximate surface area is 198 Å². The number of nitrogens with zero attached hydrogens (tertiary/aromatic N) is 3. The van der Waals surface area contributed by atoms with Crippen molar-refractivity contribution in [1.82, 2.24) is 14.7 Å². The van der Waals surface area contributed by atoms with Crippen molar-refractivity contribution in [3.05, 3.63) is 64.6 Å². The number of amides is 2. The molecule has 32 heavy (non-hydrogen) atoms. The minimum Gasteiger partial charge on any atom is -0.341 e. The average molecular weight is 499 g/mol. The highest BCUT2D eigenvalue weighted by Gasteiger charge is 2.34. The minimum atomic E-state index is -0.243. The van der Waals surface area contributed by atoms with Crippen molar-refractivity contribution in [1.29, 1.82) is 0 Å². The normalized spacial score (nSPS) is 18.8. The quantitative estimate of drug-likeness (QED) is 0.658. The van der Waals surface area contributed by atoms with Crippen LogP contribution in [0, 0.1) is 0 Å². The molecule has 6 nitrogen and oxygen atoms in total. The third-order valence-electron chi connectivity index (χ3n) is 6.28. The van der Waals surface area contributed by atoms with Gasteiger partial charge in [0.2, 0.25) is 11.8 Å². The molecule has 2 fully saturated rings. The summed E-state index contributed by atoms with van der Waals surface area (Å²) in [5, 5.41) is 2.96. The molecular weight excluding hydrogens is 468 g/mol. The number of benzene rings is 2. The molecular formula is C25H31BrN4O2. The van der Waals surface area contributed by atoms with Crippen molar-refractivity contribution in [2.24, 2.45) is 0 Å². The van der Waals surface area contributed by atoms with Crippen LogP contribution in [0.1, 0.15) is 30.9 Å². The van der Waals surface area contributed by atoms with E-state index in [4.69, 9.17) is 0 Å². The number of rotatable bonds is 6. The second-order valence-corrected chi connectivity index (χ2v) is 9.48. The first-order valence-electron chi connectivity index (χ1n) is 11.5. The lowest BCUT2D eigenvalue weighted by Gasteiger charge is -2.41. The largest absolute Gasteiger partial charge is 0.341 e. The highest BCUT2D eigenvalue weighted by atomic mass is 79.9. The molecule has 0 aliphatic carbocycles. The van der Waals surface area contributed by atoms with Gasteiger partial charge < -0.3 is 10.2 Å². The fraction of sp³-hybridized carbons (Fsp3) is 0.440. The molecule has 0 saturated carbocycles. The van der Waals surface area contributed by atoms with Crippen molar-refractivity contribution in [3.8, 4) is 0 Å². The van der Waals surface area contributed by atoms with E-state index >= 15 is 0 Å². The molecule has 0 aromatic heterocycles. The van der Waals surface area contributed by atoms with Gasteiger partial charge in [-0.05, 0) is 49.1 Å². The number of likely N-dealkylation sites (tertiary alicyclic amines) is 1. The van der Waals surface area contributed by atoms with Crippen LogP contribution in [0.15, 0.2) is 59.1 Å². The summed E-state index contributed by atoms with van der Waals surface area (Å²) in [6.07, 6.45) is 3.39. The predicted octanol–water partition coefficient (Wildman–Crippen LogP) is 3.76. The number of carbonyl (C=O) groups is 2. The molecule has 1 atom stereocenters. The van der Waals surface area contributed by atoms with Crippen LogP contribution >= 0.6 is 15.9 Å². The zero-order chi connectivity index (χ0) is 22.3. The van der Waals surface area contributed by atoms with Crippen LogP contribution in [0.5, 0.6) is 0 Å². The van der Waals surface area contributed by atoms with Gasteiger partial charge in [-0.15, -0.1) is 0 Å². The smallest absolute Gasteiger partial charge is 0.244 e. The molecule has 170 valence electrons. The van der Waals surface area contributed by atoms with Crippen LogP contribution in [0.4, 0.5) is 5.69 Å². The van der Waals surface area contributed by atoms with Gasteiger partial charge in [-0.3, -0.25) is 19.4 Å². The summed E-state index contributed by atoms with van der Waals surface area (Å²) in [5.74, 6) is 0.210. The van der Waals surface area contributed by atoms with Crippen molar-refractivity contribution in [2.75, 3.05) is 51.1 Å². The van der Waals surface area contributed by atoms with Crippen molar-refractivity contribution >= 4 is 33.4 Å². The molecule has 2 amide bonds. The SMILES string of the molecule is O=C(CN1CCN(C(C(=O)N2CCCCC2)c2ccccc2)CC1)Nc1ccc(Br)cc1. The van der Waals surface area contributed by atoms with E-state index in [0.717, 1.165) is 67.8 Å². The molecule has 0 spiro atoms. The van der Waals surface area contributed by atoms with E-state index in [1.165, 1.54) is 6.42 Å². The standard InChI is InChI=1S/C25H31BrN4O2/c26-21-9-11-22(12-10-21)27-23(31)19-28-15-17-29(18-16-28)24(20-7-3-1-4-8-20)25(32)30-13-5-2-6-14-30/h1,3-4,7-12,24H,2,5-6,13-19H2,(H,27,31). The maximum Gasteiger partial charge on any atom is 0.244 e. The topological polar surface area (TPSA) is 55.9 Å². The maximum atomic E-state index is 13.5. The molecule has 0 bridgehead atoms. The van der Waals surface area contributed by atoms with Crippen molar-refractivity contribution < 1.29 is 9.59 Å². The van der Waals surface area contributed by atoms with Gasteiger partial charge in [0, 0.05) is 49.4 Å². The van der Waals surface area contributed by atoms with Gasteiger partial charge in [0.05, 0.1) is 6.54 Å². The van der Waals surface area contributed by atoms with E-state index in [-0.39, 0.29) is 17.9 Å². The lowest BCUT2D eigenvalue weighted by molar-refractivity contribution is -0.139. The Hall–Kier alpha value is -2.22. The predicted molar refractivity (Wildman–Crippen MR) is 130 cm³/mol. The number of halogens is 1. The highest BCUT2D eigenvalue weighted by molar-refractivity contribution is 9.10. The molecule has 7 heteroatoms. The van der Waals surface area contributed by atoms with Crippen LogP contribution in [0.3, 0.4) is 0 Å². The summed E-state index contributed by atoms with van der Waals surface area (Å²) < 4.78 is 0.985. The van der Waals surface area contributed by atoms with Crippen molar-refractivity contribution in [2.45, 2.75) is 25.3 Å². The Kier molecular flexibility index (Phi) is 7.95. The van der Waals surface area contributed by atoms with Gasteiger partial charge in [0.15, 0.2) is 0 Å². The average Bonchev–Trinajstić information content (AvgIpc) is 2.83. The zero-order valence-corrected chi connectivity index (χ0v) is 20.0. The van der Waals surface area contributed by atoms with Crippen LogP contribution in [-0.4, -0.2) is 72.3 Å². The van der Waals surface area contributed by atoms with Crippen LogP contribution in [-0.2, 0) is 9.59 Å². The molecule has 2 aromatic carbocycles. The van der Waals surface area contributed by atoms with Gasteiger partial charge in [-0.25, -0.2) is 0 Å². The Morgan fingerprint density at radius 2 is 1.50 bits per heavy atom. The summed E-state index contributed by atoms with van der Waals surface area (Å²) >= 11 is 3.41. The van der Waals surface area contributed by atoms with E-state index in [2.05, 4.69) is 43.2 Å². The third kappa shape index (κ3) is 5.97. The first-order chi connectivity index (χ1) is 15.6. The Morgan fingerprint density at radius 1 is 0.844 bits per heavy atom. The molecule has 2 aromatic rings. The summed E-state index contributed by atoms with van der Waals surface area (Å²) in [6.45, 7) is 5.15. The second-order valence-electron chi connectivity index (χ2n) is 8.57.